The summed E-state index contributed by atoms with van der Waals surface area (Å²) in [5.41, 5.74) is 9.27. The molecule has 3 aromatic carbocycles. The van der Waals surface area contributed by atoms with Crippen LogP contribution in [0.1, 0.15) is 50.3 Å². The highest BCUT2D eigenvalue weighted by Crippen LogP contribution is 2.48. The summed E-state index contributed by atoms with van der Waals surface area (Å²) in [7, 11) is 4.37. The van der Waals surface area contributed by atoms with Gasteiger partial charge >= 0.3 is 0 Å². The summed E-state index contributed by atoms with van der Waals surface area (Å²) in [5.74, 6) is 0.177. The van der Waals surface area contributed by atoms with Crippen LogP contribution in [0.25, 0.3) is 0 Å². The molecule has 5 rings (SSSR count). The fraction of sp³-hybridized carbons (Fsp3) is 0.273. The van der Waals surface area contributed by atoms with Crippen molar-refractivity contribution >= 4 is 11.4 Å². The van der Waals surface area contributed by atoms with Crippen LogP contribution in [-0.2, 0) is 10.8 Å². The van der Waals surface area contributed by atoms with Crippen molar-refractivity contribution in [2.24, 2.45) is 0 Å². The molecule has 178 valence electrons. The van der Waals surface area contributed by atoms with Gasteiger partial charge < -0.3 is 9.80 Å². The predicted octanol–water partition coefficient (Wildman–Crippen LogP) is 7.95. The van der Waals surface area contributed by atoms with Gasteiger partial charge in [0.2, 0.25) is 0 Å². The second-order valence-electron chi connectivity index (χ2n) is 10.8. The summed E-state index contributed by atoms with van der Waals surface area (Å²) >= 11 is 0. The molecule has 0 aliphatic carbocycles. The average molecular weight is 461 g/mol. The second-order valence-corrected chi connectivity index (χ2v) is 10.8. The van der Waals surface area contributed by atoms with Crippen molar-refractivity contribution in [3.05, 3.63) is 131 Å². The summed E-state index contributed by atoms with van der Waals surface area (Å²) in [6, 6.07) is 28.3. The Hall–Kier alpha value is -3.52. The quantitative estimate of drug-likeness (QED) is 0.390. The van der Waals surface area contributed by atoms with Crippen LogP contribution >= 0.6 is 0 Å². The van der Waals surface area contributed by atoms with E-state index in [-0.39, 0.29) is 16.7 Å². The van der Waals surface area contributed by atoms with E-state index in [1.807, 2.05) is 0 Å². The monoisotopic (exact) mass is 460 g/mol. The highest BCUT2D eigenvalue weighted by molar-refractivity contribution is 5.71. The molecule has 2 aliphatic rings. The smallest absolute Gasteiger partial charge is 0.0447 e. The molecule has 0 aromatic heterocycles. The molecule has 0 spiro atoms. The molecule has 0 bridgehead atoms. The minimum atomic E-state index is -0.0417. The molecule has 0 fully saturated rings. The minimum Gasteiger partial charge on any atom is -0.347 e. The summed E-state index contributed by atoms with van der Waals surface area (Å²) < 4.78 is 0. The molecule has 0 N–H and O–H groups in total. The van der Waals surface area contributed by atoms with E-state index in [0.29, 0.717) is 0 Å². The number of likely N-dealkylation sites (N-methyl/N-ethyl adjacent to an activating group) is 2. The Morgan fingerprint density at radius 3 is 1.69 bits per heavy atom. The Morgan fingerprint density at radius 2 is 1.11 bits per heavy atom. The standard InChI is InChI=1S/C33H36N2/c1-32(2)26-18-10-12-20-28(26)34(5)30(32)22-14-17-25(24-15-8-7-9-16-24)23-31-33(3,4)27-19-11-13-21-29(27)35(31)6/h7-23,25H,1-6H3/b17-14+,30-22-,31-23+. The number of para-hydroxylation sites is 2. The van der Waals surface area contributed by atoms with E-state index in [0.717, 1.165) is 0 Å². The molecule has 3 aromatic rings. The van der Waals surface area contributed by atoms with Crippen LogP contribution < -0.4 is 9.80 Å². The van der Waals surface area contributed by atoms with Crippen LogP contribution in [0, 0.1) is 0 Å². The van der Waals surface area contributed by atoms with Crippen molar-refractivity contribution in [2.75, 3.05) is 23.9 Å². The third-order valence-corrected chi connectivity index (χ3v) is 7.98. The number of benzene rings is 3. The van der Waals surface area contributed by atoms with Gasteiger partial charge in [-0.25, -0.2) is 0 Å². The van der Waals surface area contributed by atoms with Crippen molar-refractivity contribution in [1.82, 2.24) is 0 Å². The van der Waals surface area contributed by atoms with E-state index in [1.54, 1.807) is 0 Å². The molecule has 1 unspecified atom stereocenters. The number of anilines is 2. The SMILES string of the molecule is CN1/C(=C\C=C\C(/C=C2/N(C)c3ccccc3C2(C)C)c2ccccc2)C(C)(C)c2ccccc21. The second kappa shape index (κ2) is 8.61. The van der Waals surface area contributed by atoms with Crippen LogP contribution in [0.15, 0.2) is 115 Å². The van der Waals surface area contributed by atoms with E-state index in [9.17, 15) is 0 Å². The maximum atomic E-state index is 2.45. The maximum Gasteiger partial charge on any atom is 0.0447 e. The first-order chi connectivity index (χ1) is 16.7. The van der Waals surface area contributed by atoms with Gasteiger partial charge in [0, 0.05) is 53.6 Å². The lowest BCUT2D eigenvalue weighted by Crippen LogP contribution is -2.23. The van der Waals surface area contributed by atoms with Gasteiger partial charge in [0.1, 0.15) is 0 Å². The van der Waals surface area contributed by atoms with Crippen LogP contribution in [0.3, 0.4) is 0 Å². The molecule has 0 saturated heterocycles. The normalized spacial score (nSPS) is 21.1. The number of rotatable bonds is 4. The van der Waals surface area contributed by atoms with E-state index < -0.39 is 0 Å². The summed E-state index contributed by atoms with van der Waals surface area (Å²) in [4.78, 5) is 4.70. The largest absolute Gasteiger partial charge is 0.347 e. The lowest BCUT2D eigenvalue weighted by Gasteiger charge is -2.26. The van der Waals surface area contributed by atoms with Crippen molar-refractivity contribution in [1.29, 1.82) is 0 Å². The number of allylic oxidation sites excluding steroid dienone is 6. The van der Waals surface area contributed by atoms with Crippen molar-refractivity contribution in [3.8, 4) is 0 Å². The molecule has 0 radical (unpaired) electrons. The van der Waals surface area contributed by atoms with Gasteiger partial charge in [0.25, 0.3) is 0 Å². The summed E-state index contributed by atoms with van der Waals surface area (Å²) in [6.07, 6.45) is 9.34. The number of nitrogens with zero attached hydrogens (tertiary/aromatic N) is 2. The first kappa shape index (κ1) is 23.2. The van der Waals surface area contributed by atoms with Gasteiger partial charge in [-0.05, 0) is 34.9 Å². The Labute approximate surface area is 210 Å². The maximum absolute atomic E-state index is 2.45. The summed E-state index contributed by atoms with van der Waals surface area (Å²) in [6.45, 7) is 9.31. The van der Waals surface area contributed by atoms with E-state index >= 15 is 0 Å². The van der Waals surface area contributed by atoms with Crippen LogP contribution in [0.5, 0.6) is 0 Å². The van der Waals surface area contributed by atoms with Gasteiger partial charge in [-0.1, -0.05) is 113 Å². The van der Waals surface area contributed by atoms with Gasteiger partial charge in [0.15, 0.2) is 0 Å². The van der Waals surface area contributed by atoms with Crippen LogP contribution in [-0.4, -0.2) is 14.1 Å². The molecule has 2 heteroatoms. The fourth-order valence-corrected chi connectivity index (χ4v) is 5.98. The van der Waals surface area contributed by atoms with Gasteiger partial charge in [-0.2, -0.15) is 0 Å². The Balaban J connectivity index is 1.53. The molecule has 2 nitrogen and oxygen atoms in total. The fourth-order valence-electron chi connectivity index (χ4n) is 5.98. The van der Waals surface area contributed by atoms with Gasteiger partial charge in [-0.15, -0.1) is 0 Å². The molecular formula is C33H36N2. The van der Waals surface area contributed by atoms with E-state index in [4.69, 9.17) is 0 Å². The molecule has 2 heterocycles. The molecular weight excluding hydrogens is 424 g/mol. The van der Waals surface area contributed by atoms with Crippen LogP contribution in [0.2, 0.25) is 0 Å². The zero-order chi connectivity index (χ0) is 24.8. The number of fused-ring (bicyclic) bond motifs is 2. The number of hydrogen-bond donors (Lipinski definition) is 0. The first-order valence-electron chi connectivity index (χ1n) is 12.6. The van der Waals surface area contributed by atoms with E-state index in [2.05, 4.69) is 155 Å². The molecule has 0 amide bonds. The van der Waals surface area contributed by atoms with Crippen molar-refractivity contribution < 1.29 is 0 Å². The predicted molar refractivity (Wildman–Crippen MR) is 150 cm³/mol. The lowest BCUT2D eigenvalue weighted by atomic mass is 9.82. The Kier molecular flexibility index (Phi) is 5.71. The zero-order valence-corrected chi connectivity index (χ0v) is 21.8. The third kappa shape index (κ3) is 3.82. The van der Waals surface area contributed by atoms with Crippen molar-refractivity contribution in [3.63, 3.8) is 0 Å². The average Bonchev–Trinajstić information content (AvgIpc) is 3.18. The van der Waals surface area contributed by atoms with Gasteiger partial charge in [0.05, 0.1) is 0 Å². The Morgan fingerprint density at radius 1 is 0.629 bits per heavy atom. The third-order valence-electron chi connectivity index (χ3n) is 7.98. The highest BCUT2D eigenvalue weighted by Gasteiger charge is 2.39. The van der Waals surface area contributed by atoms with E-state index in [1.165, 1.54) is 39.5 Å². The van der Waals surface area contributed by atoms with Crippen LogP contribution in [0.4, 0.5) is 11.4 Å². The molecule has 1 atom stereocenters. The molecule has 35 heavy (non-hydrogen) atoms. The lowest BCUT2D eigenvalue weighted by molar-refractivity contribution is 0.634. The highest BCUT2D eigenvalue weighted by atomic mass is 15.2. The number of hydrogen-bond acceptors (Lipinski definition) is 2. The zero-order valence-electron chi connectivity index (χ0n) is 21.8. The van der Waals surface area contributed by atoms with Crippen molar-refractivity contribution in [2.45, 2.75) is 44.4 Å². The summed E-state index contributed by atoms with van der Waals surface area (Å²) in [5, 5.41) is 0. The topological polar surface area (TPSA) is 6.48 Å². The first-order valence-corrected chi connectivity index (χ1v) is 12.6. The molecule has 0 saturated carbocycles. The Bertz CT molecular complexity index is 1320. The van der Waals surface area contributed by atoms with Gasteiger partial charge in [-0.3, -0.25) is 0 Å². The minimum absolute atomic E-state index is 0.0221. The molecule has 2 aliphatic heterocycles.